The fourth-order valence-corrected chi connectivity index (χ4v) is 2.85. The molecular weight excluding hydrogens is 371 g/mol. The van der Waals surface area contributed by atoms with Gasteiger partial charge in [0.2, 0.25) is 0 Å². The number of carbonyl (C=O) groups is 2. The van der Waals surface area contributed by atoms with E-state index in [-0.39, 0.29) is 30.6 Å². The number of nitrogens with one attached hydrogen (secondary N) is 3. The summed E-state index contributed by atoms with van der Waals surface area (Å²) in [5, 5.41) is 8.16. The Hall–Kier alpha value is -3.09. The summed E-state index contributed by atoms with van der Waals surface area (Å²) in [6, 6.07) is 12.3. The molecule has 0 fully saturated rings. The molecule has 0 aromatic heterocycles. The van der Waals surface area contributed by atoms with E-state index >= 15 is 0 Å². The van der Waals surface area contributed by atoms with E-state index in [1.54, 1.807) is 19.1 Å². The zero-order chi connectivity index (χ0) is 21.2. The minimum atomic E-state index is -0.415. The maximum absolute atomic E-state index is 13.5. The van der Waals surface area contributed by atoms with Crippen molar-refractivity contribution in [2.24, 2.45) is 0 Å². The predicted molar refractivity (Wildman–Crippen MR) is 114 cm³/mol. The Kier molecular flexibility index (Phi) is 8.45. The van der Waals surface area contributed by atoms with Crippen molar-refractivity contribution >= 4 is 17.6 Å². The first kappa shape index (κ1) is 22.2. The van der Waals surface area contributed by atoms with Crippen molar-refractivity contribution in [2.75, 3.05) is 37.6 Å². The summed E-state index contributed by atoms with van der Waals surface area (Å²) in [5.41, 5.74) is 3.07. The zero-order valence-electron chi connectivity index (χ0n) is 17.2. The van der Waals surface area contributed by atoms with Crippen LogP contribution in [0.1, 0.15) is 28.4 Å². The molecule has 6 nitrogen and oxygen atoms in total. The van der Waals surface area contributed by atoms with Gasteiger partial charge in [0.1, 0.15) is 5.82 Å². The van der Waals surface area contributed by atoms with E-state index in [1.165, 1.54) is 11.6 Å². The van der Waals surface area contributed by atoms with Gasteiger partial charge in [-0.15, -0.1) is 0 Å². The van der Waals surface area contributed by atoms with Crippen molar-refractivity contribution < 1.29 is 14.0 Å². The number of likely N-dealkylation sites (N-methyl/N-ethyl adjacent to an activating group) is 1. The molecule has 0 unspecified atom stereocenters. The van der Waals surface area contributed by atoms with Crippen LogP contribution in [0, 0.1) is 19.7 Å². The first-order valence-electron chi connectivity index (χ1n) is 9.78. The standard InChI is InChI=1S/C22H29FN4O2/c1-4-27(19-7-5-6-16(2)14-19)13-12-26-22(29)25-11-10-24-21(28)18-9-8-17(3)20(23)15-18/h5-9,14-15H,4,10-13H2,1-3H3,(H,24,28)(H2,25,26,29). The molecule has 3 N–H and O–H groups in total. The number of rotatable bonds is 9. The number of benzene rings is 2. The van der Waals surface area contributed by atoms with Crippen molar-refractivity contribution in [3.8, 4) is 0 Å². The third-order valence-electron chi connectivity index (χ3n) is 4.55. The van der Waals surface area contributed by atoms with Crippen LogP contribution in [0.3, 0.4) is 0 Å². The molecule has 0 saturated heterocycles. The van der Waals surface area contributed by atoms with Crippen LogP contribution in [0.25, 0.3) is 0 Å². The third-order valence-corrected chi connectivity index (χ3v) is 4.55. The molecule has 29 heavy (non-hydrogen) atoms. The molecule has 2 aromatic rings. The van der Waals surface area contributed by atoms with Crippen LogP contribution < -0.4 is 20.9 Å². The maximum atomic E-state index is 13.5. The van der Waals surface area contributed by atoms with Crippen molar-refractivity contribution in [3.05, 3.63) is 65.0 Å². The van der Waals surface area contributed by atoms with Crippen LogP contribution in [0.2, 0.25) is 0 Å². The molecular formula is C22H29FN4O2. The Labute approximate surface area is 171 Å². The van der Waals surface area contributed by atoms with Crippen LogP contribution >= 0.6 is 0 Å². The molecule has 0 radical (unpaired) electrons. The first-order valence-corrected chi connectivity index (χ1v) is 9.78. The summed E-state index contributed by atoms with van der Waals surface area (Å²) in [6.45, 7) is 8.35. The van der Waals surface area contributed by atoms with Gasteiger partial charge in [-0.2, -0.15) is 0 Å². The highest BCUT2D eigenvalue weighted by Gasteiger charge is 2.08. The molecule has 2 aromatic carbocycles. The van der Waals surface area contributed by atoms with Gasteiger partial charge in [0, 0.05) is 44.0 Å². The number of anilines is 1. The van der Waals surface area contributed by atoms with Crippen molar-refractivity contribution in [1.82, 2.24) is 16.0 Å². The van der Waals surface area contributed by atoms with Gasteiger partial charge in [0.05, 0.1) is 0 Å². The Balaban J connectivity index is 1.65. The molecule has 0 heterocycles. The van der Waals surface area contributed by atoms with Gasteiger partial charge in [-0.25, -0.2) is 9.18 Å². The van der Waals surface area contributed by atoms with E-state index in [2.05, 4.69) is 52.9 Å². The van der Waals surface area contributed by atoms with E-state index < -0.39 is 5.82 Å². The second-order valence-corrected chi connectivity index (χ2v) is 6.82. The number of urea groups is 1. The molecule has 0 aliphatic heterocycles. The summed E-state index contributed by atoms with van der Waals surface area (Å²) in [7, 11) is 0. The first-order chi connectivity index (χ1) is 13.9. The van der Waals surface area contributed by atoms with Crippen molar-refractivity contribution in [2.45, 2.75) is 20.8 Å². The molecule has 2 rings (SSSR count). The molecule has 3 amide bonds. The third kappa shape index (κ3) is 7.10. The van der Waals surface area contributed by atoms with Gasteiger partial charge >= 0.3 is 6.03 Å². The summed E-state index contributed by atoms with van der Waals surface area (Å²) >= 11 is 0. The normalized spacial score (nSPS) is 10.3. The quantitative estimate of drug-likeness (QED) is 0.567. The number of hydrogen-bond acceptors (Lipinski definition) is 3. The Morgan fingerprint density at radius 3 is 2.38 bits per heavy atom. The second-order valence-electron chi connectivity index (χ2n) is 6.82. The van der Waals surface area contributed by atoms with E-state index in [4.69, 9.17) is 0 Å². The molecule has 0 aliphatic carbocycles. The minimum absolute atomic E-state index is 0.256. The van der Waals surface area contributed by atoms with E-state index in [0.717, 1.165) is 12.2 Å². The lowest BCUT2D eigenvalue weighted by molar-refractivity contribution is 0.0953. The summed E-state index contributed by atoms with van der Waals surface area (Å²) in [4.78, 5) is 26.1. The van der Waals surface area contributed by atoms with Crippen LogP contribution in [-0.4, -0.2) is 44.7 Å². The van der Waals surface area contributed by atoms with Gasteiger partial charge in [-0.3, -0.25) is 4.79 Å². The maximum Gasteiger partial charge on any atom is 0.314 e. The number of aryl methyl sites for hydroxylation is 2. The smallest absolute Gasteiger partial charge is 0.314 e. The number of amides is 3. The van der Waals surface area contributed by atoms with Gasteiger partial charge in [0.15, 0.2) is 0 Å². The molecule has 0 aliphatic rings. The Bertz CT molecular complexity index is 841. The average Bonchev–Trinajstić information content (AvgIpc) is 2.70. The highest BCUT2D eigenvalue weighted by molar-refractivity contribution is 5.94. The van der Waals surface area contributed by atoms with Gasteiger partial charge in [0.25, 0.3) is 5.91 Å². The lowest BCUT2D eigenvalue weighted by Gasteiger charge is -2.23. The summed E-state index contributed by atoms with van der Waals surface area (Å²) in [5.74, 6) is -0.787. The Morgan fingerprint density at radius 1 is 0.966 bits per heavy atom. The van der Waals surface area contributed by atoms with E-state index in [0.29, 0.717) is 18.7 Å². The lowest BCUT2D eigenvalue weighted by Crippen LogP contribution is -2.43. The van der Waals surface area contributed by atoms with E-state index in [9.17, 15) is 14.0 Å². The van der Waals surface area contributed by atoms with Crippen LogP contribution in [0.5, 0.6) is 0 Å². The number of hydrogen-bond donors (Lipinski definition) is 3. The number of nitrogens with zero attached hydrogens (tertiary/aromatic N) is 1. The van der Waals surface area contributed by atoms with Crippen LogP contribution in [-0.2, 0) is 0 Å². The molecule has 0 saturated carbocycles. The number of carbonyl (C=O) groups excluding carboxylic acids is 2. The molecule has 0 atom stereocenters. The highest BCUT2D eigenvalue weighted by atomic mass is 19.1. The van der Waals surface area contributed by atoms with Gasteiger partial charge in [-0.05, 0) is 56.2 Å². The summed E-state index contributed by atoms with van der Waals surface area (Å²) in [6.07, 6.45) is 0. The van der Waals surface area contributed by atoms with Gasteiger partial charge in [-0.1, -0.05) is 18.2 Å². The van der Waals surface area contributed by atoms with Crippen LogP contribution in [0.4, 0.5) is 14.9 Å². The minimum Gasteiger partial charge on any atom is -0.370 e. The van der Waals surface area contributed by atoms with E-state index in [1.807, 2.05) is 6.07 Å². The molecule has 0 spiro atoms. The van der Waals surface area contributed by atoms with Crippen molar-refractivity contribution in [1.29, 1.82) is 0 Å². The fourth-order valence-electron chi connectivity index (χ4n) is 2.85. The molecule has 7 heteroatoms. The van der Waals surface area contributed by atoms with Crippen LogP contribution in [0.15, 0.2) is 42.5 Å². The molecule has 0 bridgehead atoms. The second kappa shape index (κ2) is 11.0. The predicted octanol–water partition coefficient (Wildman–Crippen LogP) is 3.00. The zero-order valence-corrected chi connectivity index (χ0v) is 17.2. The fraction of sp³-hybridized carbons (Fsp3) is 0.364. The largest absolute Gasteiger partial charge is 0.370 e. The highest BCUT2D eigenvalue weighted by Crippen LogP contribution is 2.15. The van der Waals surface area contributed by atoms with Crippen molar-refractivity contribution in [3.63, 3.8) is 0 Å². The summed E-state index contributed by atoms with van der Waals surface area (Å²) < 4.78 is 13.5. The molecule has 156 valence electrons. The topological polar surface area (TPSA) is 73.5 Å². The average molecular weight is 400 g/mol. The SMILES string of the molecule is CCN(CCNC(=O)NCCNC(=O)c1ccc(C)c(F)c1)c1cccc(C)c1. The Morgan fingerprint density at radius 2 is 1.69 bits per heavy atom. The van der Waals surface area contributed by atoms with Gasteiger partial charge < -0.3 is 20.9 Å². The monoisotopic (exact) mass is 400 g/mol. The number of halogens is 1. The lowest BCUT2D eigenvalue weighted by atomic mass is 10.1.